The molecule has 214 valence electrons. The first kappa shape index (κ1) is 30.5. The minimum absolute atomic E-state index is 0.355. The molecule has 5 atom stereocenters. The molecular formula is C27H30F5NO6. The zero-order valence-electron chi connectivity index (χ0n) is 21.7. The average molecular weight is 560 g/mol. The summed E-state index contributed by atoms with van der Waals surface area (Å²) < 4.78 is 90.8. The van der Waals surface area contributed by atoms with E-state index in [0.29, 0.717) is 28.9 Å². The van der Waals surface area contributed by atoms with Crippen molar-refractivity contribution in [2.24, 2.45) is 5.16 Å². The van der Waals surface area contributed by atoms with Gasteiger partial charge in [-0.2, -0.15) is 22.0 Å². The van der Waals surface area contributed by atoms with Gasteiger partial charge in [-0.05, 0) is 48.7 Å². The molecule has 1 N–H and O–H groups in total. The van der Waals surface area contributed by atoms with Gasteiger partial charge in [0, 0.05) is 26.4 Å². The summed E-state index contributed by atoms with van der Waals surface area (Å²) in [5, 5.41) is 12.4. The van der Waals surface area contributed by atoms with Crippen molar-refractivity contribution in [3.05, 3.63) is 64.7 Å². The van der Waals surface area contributed by atoms with E-state index in [0.717, 1.165) is 12.1 Å². The van der Waals surface area contributed by atoms with Gasteiger partial charge in [0.2, 0.25) is 0 Å². The zero-order valence-corrected chi connectivity index (χ0v) is 21.7. The SMILES string of the molecule is CCO[C@@H]1[C@@H](OC)[C@H](C)O[C@@H](c2cc(/C=C/c3ccc(OC(F)(F)C(F)(F)F)cc3)ccc2C=NO)[C@H]1OC. The molecular weight excluding hydrogens is 529 g/mol. The number of halogens is 5. The highest BCUT2D eigenvalue weighted by molar-refractivity contribution is 5.83. The Bertz CT molecular complexity index is 1140. The standard InChI is InChI=1S/C27H30F5NO6/c1-5-37-25-22(35-3)16(2)38-23(24(25)36-4)21-14-18(8-11-19(21)15-33-34)7-6-17-9-12-20(13-10-17)39-27(31,32)26(28,29)30/h6-16,22-25,34H,5H2,1-4H3/b7-6+,33-15?/t16-,22-,23-,24+,25+/m0/s1. The Morgan fingerprint density at radius 3 is 2.10 bits per heavy atom. The first-order valence-corrected chi connectivity index (χ1v) is 12.0. The maximum absolute atomic E-state index is 13.1. The van der Waals surface area contributed by atoms with Gasteiger partial charge >= 0.3 is 12.3 Å². The van der Waals surface area contributed by atoms with E-state index < -0.39 is 36.3 Å². The second-order valence-corrected chi connectivity index (χ2v) is 8.73. The van der Waals surface area contributed by atoms with Gasteiger partial charge in [0.15, 0.2) is 0 Å². The summed E-state index contributed by atoms with van der Waals surface area (Å²) in [6, 6.07) is 10.0. The molecule has 1 fully saturated rings. The normalized spacial score (nSPS) is 24.5. The molecule has 1 aliphatic rings. The fraction of sp³-hybridized carbons (Fsp3) is 0.444. The predicted molar refractivity (Wildman–Crippen MR) is 133 cm³/mol. The summed E-state index contributed by atoms with van der Waals surface area (Å²) in [5.74, 6) is -0.628. The quantitative estimate of drug-likeness (QED) is 0.125. The van der Waals surface area contributed by atoms with Gasteiger partial charge in [-0.15, -0.1) is 0 Å². The minimum Gasteiger partial charge on any atom is -0.426 e. The third kappa shape index (κ3) is 7.13. The van der Waals surface area contributed by atoms with Crippen LogP contribution in [0, 0.1) is 0 Å². The molecule has 1 aliphatic heterocycles. The maximum Gasteiger partial charge on any atom is 0.499 e. The summed E-state index contributed by atoms with van der Waals surface area (Å²) >= 11 is 0. The Morgan fingerprint density at radius 2 is 1.54 bits per heavy atom. The molecule has 1 saturated heterocycles. The Morgan fingerprint density at radius 1 is 0.923 bits per heavy atom. The first-order chi connectivity index (χ1) is 18.4. The van der Waals surface area contributed by atoms with E-state index in [1.54, 1.807) is 31.4 Å². The summed E-state index contributed by atoms with van der Waals surface area (Å²) in [7, 11) is 3.11. The highest BCUT2D eigenvalue weighted by atomic mass is 19.4. The third-order valence-corrected chi connectivity index (χ3v) is 6.21. The number of ether oxygens (including phenoxy) is 5. The second kappa shape index (κ2) is 12.9. The van der Waals surface area contributed by atoms with E-state index >= 15 is 0 Å². The zero-order chi connectivity index (χ0) is 28.8. The Kier molecular flexibility index (Phi) is 10.1. The van der Waals surface area contributed by atoms with E-state index in [9.17, 15) is 27.2 Å². The average Bonchev–Trinajstić information content (AvgIpc) is 2.88. The van der Waals surface area contributed by atoms with Gasteiger partial charge in [-0.1, -0.05) is 41.6 Å². The minimum atomic E-state index is -5.83. The molecule has 0 saturated carbocycles. The molecule has 2 aromatic rings. The third-order valence-electron chi connectivity index (χ3n) is 6.21. The van der Waals surface area contributed by atoms with Crippen LogP contribution in [0.3, 0.4) is 0 Å². The van der Waals surface area contributed by atoms with Gasteiger partial charge in [0.1, 0.15) is 30.2 Å². The molecule has 0 aliphatic carbocycles. The monoisotopic (exact) mass is 559 g/mol. The molecule has 12 heteroatoms. The van der Waals surface area contributed by atoms with Crippen LogP contribution in [0.4, 0.5) is 22.0 Å². The fourth-order valence-electron chi connectivity index (χ4n) is 4.40. The van der Waals surface area contributed by atoms with E-state index in [4.69, 9.17) is 18.9 Å². The van der Waals surface area contributed by atoms with Crippen LogP contribution in [-0.2, 0) is 18.9 Å². The Hall–Kier alpha value is -3.06. The van der Waals surface area contributed by atoms with Gasteiger partial charge < -0.3 is 28.9 Å². The van der Waals surface area contributed by atoms with Crippen molar-refractivity contribution in [1.82, 2.24) is 0 Å². The number of hydrogen-bond acceptors (Lipinski definition) is 7. The smallest absolute Gasteiger partial charge is 0.426 e. The molecule has 2 aromatic carbocycles. The topological polar surface area (TPSA) is 78.7 Å². The predicted octanol–water partition coefficient (Wildman–Crippen LogP) is 6.09. The highest BCUT2D eigenvalue weighted by Crippen LogP contribution is 2.39. The highest BCUT2D eigenvalue weighted by Gasteiger charge is 2.61. The lowest BCUT2D eigenvalue weighted by Crippen LogP contribution is -2.56. The Balaban J connectivity index is 1.89. The largest absolute Gasteiger partial charge is 0.499 e. The van der Waals surface area contributed by atoms with Crippen LogP contribution in [0.15, 0.2) is 47.6 Å². The molecule has 0 spiro atoms. The van der Waals surface area contributed by atoms with Crippen LogP contribution >= 0.6 is 0 Å². The van der Waals surface area contributed by atoms with Crippen LogP contribution in [0.2, 0.25) is 0 Å². The summed E-state index contributed by atoms with van der Waals surface area (Å²) in [4.78, 5) is 0. The number of oxime groups is 1. The molecule has 39 heavy (non-hydrogen) atoms. The lowest BCUT2D eigenvalue weighted by atomic mass is 9.88. The van der Waals surface area contributed by atoms with Crippen molar-refractivity contribution >= 4 is 18.4 Å². The number of methoxy groups -OCH3 is 2. The van der Waals surface area contributed by atoms with Gasteiger partial charge in [0.25, 0.3) is 0 Å². The van der Waals surface area contributed by atoms with Crippen LogP contribution in [-0.4, -0.2) is 68.9 Å². The summed E-state index contributed by atoms with van der Waals surface area (Å²) in [5.41, 5.74) is 2.46. The maximum atomic E-state index is 13.1. The first-order valence-electron chi connectivity index (χ1n) is 12.0. The van der Waals surface area contributed by atoms with Crippen molar-refractivity contribution in [1.29, 1.82) is 0 Å². The molecule has 7 nitrogen and oxygen atoms in total. The van der Waals surface area contributed by atoms with Gasteiger partial charge in [0.05, 0.1) is 12.3 Å². The lowest BCUT2D eigenvalue weighted by molar-refractivity contribution is -0.360. The fourth-order valence-corrected chi connectivity index (χ4v) is 4.40. The van der Waals surface area contributed by atoms with E-state index in [1.807, 2.05) is 19.9 Å². The van der Waals surface area contributed by atoms with Crippen LogP contribution in [0.25, 0.3) is 12.2 Å². The molecule has 1 heterocycles. The van der Waals surface area contributed by atoms with Crippen molar-refractivity contribution in [3.8, 4) is 5.75 Å². The Labute approximate surface area is 222 Å². The number of nitrogens with zero attached hydrogens (tertiary/aromatic N) is 1. The van der Waals surface area contributed by atoms with Gasteiger partial charge in [-0.25, -0.2) is 0 Å². The number of benzene rings is 2. The van der Waals surface area contributed by atoms with Crippen molar-refractivity contribution < 1.29 is 50.8 Å². The molecule has 3 rings (SSSR count). The summed E-state index contributed by atoms with van der Waals surface area (Å²) in [6.45, 7) is 4.15. The molecule has 0 radical (unpaired) electrons. The van der Waals surface area contributed by atoms with Crippen molar-refractivity contribution in [3.63, 3.8) is 0 Å². The molecule has 0 unspecified atom stereocenters. The molecule has 0 amide bonds. The molecule has 0 aromatic heterocycles. The van der Waals surface area contributed by atoms with Gasteiger partial charge in [-0.3, -0.25) is 0 Å². The lowest BCUT2D eigenvalue weighted by Gasteiger charge is -2.45. The van der Waals surface area contributed by atoms with Crippen molar-refractivity contribution in [2.75, 3.05) is 20.8 Å². The number of hydrogen-bond donors (Lipinski definition) is 1. The molecule has 0 bridgehead atoms. The van der Waals surface area contributed by atoms with E-state index in [-0.39, 0.29) is 12.2 Å². The second-order valence-electron chi connectivity index (χ2n) is 8.73. The number of alkyl halides is 5. The van der Waals surface area contributed by atoms with E-state index in [2.05, 4.69) is 9.89 Å². The van der Waals surface area contributed by atoms with Crippen molar-refractivity contribution in [2.45, 2.75) is 56.7 Å². The van der Waals surface area contributed by atoms with Crippen LogP contribution in [0.5, 0.6) is 5.75 Å². The van der Waals surface area contributed by atoms with Crippen LogP contribution < -0.4 is 4.74 Å². The van der Waals surface area contributed by atoms with E-state index in [1.165, 1.54) is 25.5 Å². The summed E-state index contributed by atoms with van der Waals surface area (Å²) in [6.07, 6.45) is -8.84. The number of rotatable bonds is 10. The van der Waals surface area contributed by atoms with Crippen LogP contribution in [0.1, 0.15) is 42.2 Å².